The topological polar surface area (TPSA) is 87.1 Å². The zero-order chi connectivity index (χ0) is 21.7. The number of aryl methyl sites for hydroxylation is 1. The van der Waals surface area contributed by atoms with E-state index in [-0.39, 0.29) is 12.1 Å². The van der Waals surface area contributed by atoms with Crippen LogP contribution < -0.4 is 21.1 Å². The molecular formula is C22H25N7OS2. The molecule has 2 aromatic heterocycles. The van der Waals surface area contributed by atoms with Crippen molar-refractivity contribution >= 4 is 35.0 Å². The number of thioether (sulfide) groups is 1. The minimum absolute atomic E-state index is 0.00891. The second-order valence-electron chi connectivity index (χ2n) is 8.55. The lowest BCUT2D eigenvalue weighted by molar-refractivity contribution is -0.118. The molecule has 2 atom stereocenters. The number of amides is 1. The Morgan fingerprint density at radius 3 is 3.06 bits per heavy atom. The fourth-order valence-corrected chi connectivity index (χ4v) is 6.90. The standard InChI is InChI=1S/C22H25N7OS2/c1-13-7-8-16-15(9-13)18-19-24-12-25-29(19)21-26-27-22(28(21)20(18)32-16)31-11-17(30)23-10-14-5-3-2-4-6-14/h2-6,13,19,24-25H,7-12H2,1H3,(H,23,30)/t13-,19?/m1/s1. The number of nitrogens with one attached hydrogen (secondary N) is 3. The van der Waals surface area contributed by atoms with Crippen LogP contribution in [0.4, 0.5) is 5.95 Å². The highest BCUT2D eigenvalue weighted by atomic mass is 32.2. The molecule has 1 amide bonds. The van der Waals surface area contributed by atoms with E-state index in [2.05, 4.69) is 42.8 Å². The van der Waals surface area contributed by atoms with Gasteiger partial charge in [0, 0.05) is 17.0 Å². The number of benzene rings is 1. The molecule has 0 spiro atoms. The maximum atomic E-state index is 12.5. The zero-order valence-corrected chi connectivity index (χ0v) is 19.4. The molecule has 3 aliphatic rings. The van der Waals surface area contributed by atoms with Gasteiger partial charge < -0.3 is 5.32 Å². The quantitative estimate of drug-likeness (QED) is 0.498. The molecule has 1 aliphatic carbocycles. The number of thiophene rings is 1. The summed E-state index contributed by atoms with van der Waals surface area (Å²) < 4.78 is 2.13. The Balaban J connectivity index is 1.26. The predicted molar refractivity (Wildman–Crippen MR) is 126 cm³/mol. The van der Waals surface area contributed by atoms with Gasteiger partial charge in [-0.2, -0.15) is 0 Å². The van der Waals surface area contributed by atoms with Gasteiger partial charge in [0.25, 0.3) is 0 Å². The summed E-state index contributed by atoms with van der Waals surface area (Å²) in [5, 5.41) is 19.6. The van der Waals surface area contributed by atoms with Crippen molar-refractivity contribution in [1.29, 1.82) is 0 Å². The average molecular weight is 468 g/mol. The molecular weight excluding hydrogens is 442 g/mol. The average Bonchev–Trinajstić information content (AvgIpc) is 3.52. The minimum Gasteiger partial charge on any atom is -0.351 e. The molecule has 1 unspecified atom stereocenters. The first-order valence-electron chi connectivity index (χ1n) is 11.0. The molecule has 6 rings (SSSR count). The van der Waals surface area contributed by atoms with Crippen LogP contribution in [0, 0.1) is 5.92 Å². The van der Waals surface area contributed by atoms with E-state index >= 15 is 0 Å². The second kappa shape index (κ2) is 8.18. The van der Waals surface area contributed by atoms with E-state index in [1.165, 1.54) is 39.2 Å². The van der Waals surface area contributed by atoms with Crippen molar-refractivity contribution in [3.63, 3.8) is 0 Å². The Morgan fingerprint density at radius 1 is 1.31 bits per heavy atom. The smallest absolute Gasteiger partial charge is 0.249 e. The van der Waals surface area contributed by atoms with Crippen LogP contribution in [0.5, 0.6) is 0 Å². The molecule has 32 heavy (non-hydrogen) atoms. The van der Waals surface area contributed by atoms with Crippen LogP contribution >= 0.6 is 23.1 Å². The van der Waals surface area contributed by atoms with Gasteiger partial charge in [-0.05, 0) is 36.3 Å². The summed E-state index contributed by atoms with van der Waals surface area (Å²) >= 11 is 3.30. The lowest BCUT2D eigenvalue weighted by Crippen LogP contribution is -2.39. The molecule has 0 bridgehead atoms. The van der Waals surface area contributed by atoms with Gasteiger partial charge in [0.05, 0.1) is 12.4 Å². The third kappa shape index (κ3) is 3.42. The first-order chi connectivity index (χ1) is 15.7. The first kappa shape index (κ1) is 20.2. The largest absolute Gasteiger partial charge is 0.351 e. The summed E-state index contributed by atoms with van der Waals surface area (Å²) in [4.78, 5) is 14.0. The highest BCUT2D eigenvalue weighted by molar-refractivity contribution is 7.99. The predicted octanol–water partition coefficient (Wildman–Crippen LogP) is 2.75. The summed E-state index contributed by atoms with van der Waals surface area (Å²) in [7, 11) is 0. The number of hydrogen-bond acceptors (Lipinski definition) is 8. The van der Waals surface area contributed by atoms with Crippen LogP contribution in [0.25, 0.3) is 5.00 Å². The van der Waals surface area contributed by atoms with Crippen molar-refractivity contribution in [2.45, 2.75) is 44.1 Å². The number of nitrogens with zero attached hydrogens (tertiary/aromatic N) is 4. The van der Waals surface area contributed by atoms with Crippen molar-refractivity contribution in [3.8, 4) is 5.00 Å². The maximum absolute atomic E-state index is 12.5. The Bertz CT molecular complexity index is 1160. The third-order valence-corrected chi connectivity index (χ3v) is 8.53. The Labute approximate surface area is 194 Å². The molecule has 0 radical (unpaired) electrons. The summed E-state index contributed by atoms with van der Waals surface area (Å²) in [6.45, 7) is 3.57. The van der Waals surface area contributed by atoms with Crippen molar-refractivity contribution in [1.82, 2.24) is 30.8 Å². The molecule has 2 aliphatic heterocycles. The molecule has 4 heterocycles. The molecule has 3 aromatic rings. The summed E-state index contributed by atoms with van der Waals surface area (Å²) in [6, 6.07) is 9.95. The molecule has 1 aromatic carbocycles. The summed E-state index contributed by atoms with van der Waals surface area (Å²) in [5.41, 5.74) is 7.33. The van der Waals surface area contributed by atoms with Gasteiger partial charge >= 0.3 is 0 Å². The van der Waals surface area contributed by atoms with Crippen molar-refractivity contribution < 1.29 is 4.79 Å². The fraction of sp³-hybridized carbons (Fsp3) is 0.409. The number of fused-ring (bicyclic) bond motifs is 8. The zero-order valence-electron chi connectivity index (χ0n) is 17.8. The molecule has 166 valence electrons. The lowest BCUT2D eigenvalue weighted by Gasteiger charge is -2.31. The van der Waals surface area contributed by atoms with Crippen molar-refractivity contribution in [2.24, 2.45) is 5.92 Å². The number of rotatable bonds is 5. The van der Waals surface area contributed by atoms with Crippen LogP contribution in [0.1, 0.15) is 41.1 Å². The molecule has 3 N–H and O–H groups in total. The SMILES string of the molecule is C[C@@H]1CCc2sc3c(c2C1)C1NCNN1c1nnc(SCC(=O)NCc2ccccc2)n1-3. The van der Waals surface area contributed by atoms with Crippen LogP contribution in [0.15, 0.2) is 35.5 Å². The van der Waals surface area contributed by atoms with Gasteiger partial charge in [0.15, 0.2) is 5.16 Å². The Kier molecular flexibility index (Phi) is 5.17. The highest BCUT2D eigenvalue weighted by Crippen LogP contribution is 2.48. The van der Waals surface area contributed by atoms with Crippen molar-refractivity contribution in [2.75, 3.05) is 17.4 Å². The minimum atomic E-state index is -0.00891. The van der Waals surface area contributed by atoms with Crippen molar-refractivity contribution in [3.05, 3.63) is 51.9 Å². The number of anilines is 1. The number of hydrazine groups is 1. The van der Waals surface area contributed by atoms with E-state index in [1.54, 1.807) is 0 Å². The van der Waals surface area contributed by atoms with Crippen LogP contribution in [0.3, 0.4) is 0 Å². The van der Waals surface area contributed by atoms with Gasteiger partial charge in [-0.15, -0.1) is 21.5 Å². The molecule has 0 saturated carbocycles. The van der Waals surface area contributed by atoms with Gasteiger partial charge in [0.1, 0.15) is 11.2 Å². The molecule has 8 nitrogen and oxygen atoms in total. The fourth-order valence-electron chi connectivity index (χ4n) is 4.71. The van der Waals surface area contributed by atoms with E-state index < -0.39 is 0 Å². The van der Waals surface area contributed by atoms with Crippen LogP contribution in [0.2, 0.25) is 0 Å². The monoisotopic (exact) mass is 467 g/mol. The van der Waals surface area contributed by atoms with E-state index in [9.17, 15) is 4.79 Å². The maximum Gasteiger partial charge on any atom is 0.249 e. The summed E-state index contributed by atoms with van der Waals surface area (Å²) in [6.07, 6.45) is 3.58. The second-order valence-corrected chi connectivity index (χ2v) is 10.6. The van der Waals surface area contributed by atoms with Crippen LogP contribution in [-0.4, -0.2) is 33.1 Å². The number of carbonyl (C=O) groups is 1. The number of carbonyl (C=O) groups excluding carboxylic acids is 1. The molecule has 10 heteroatoms. The highest BCUT2D eigenvalue weighted by Gasteiger charge is 2.42. The number of hydrogen-bond donors (Lipinski definition) is 3. The van der Waals surface area contributed by atoms with Gasteiger partial charge in [-0.3, -0.25) is 15.1 Å². The van der Waals surface area contributed by atoms with E-state index in [4.69, 9.17) is 0 Å². The number of aromatic nitrogens is 3. The lowest BCUT2D eigenvalue weighted by atomic mass is 9.87. The summed E-state index contributed by atoms with van der Waals surface area (Å²) in [5.74, 6) is 1.78. The van der Waals surface area contributed by atoms with E-state index in [0.717, 1.165) is 29.5 Å². The third-order valence-electron chi connectivity index (χ3n) is 6.30. The normalized spacial score (nSPS) is 21.0. The van der Waals surface area contributed by atoms with Gasteiger partial charge in [0.2, 0.25) is 11.9 Å². The molecule has 1 fully saturated rings. The van der Waals surface area contributed by atoms with E-state index in [0.29, 0.717) is 24.9 Å². The van der Waals surface area contributed by atoms with Crippen LogP contribution in [-0.2, 0) is 24.2 Å². The first-order valence-corrected chi connectivity index (χ1v) is 12.8. The van der Waals surface area contributed by atoms with Gasteiger partial charge in [-0.1, -0.05) is 49.0 Å². The van der Waals surface area contributed by atoms with Gasteiger partial charge in [-0.25, -0.2) is 9.99 Å². The molecule has 1 saturated heterocycles. The van der Waals surface area contributed by atoms with E-state index in [1.807, 2.05) is 41.7 Å². The Hall–Kier alpha value is -2.40. The Morgan fingerprint density at radius 2 is 2.19 bits per heavy atom.